The topological polar surface area (TPSA) is 63.3 Å². The maximum absolute atomic E-state index is 12.8. The molecule has 0 fully saturated rings. The Labute approximate surface area is 140 Å². The predicted octanol–water partition coefficient (Wildman–Crippen LogP) is 4.88. The molecule has 0 aliphatic rings. The molecule has 3 aromatic rings. The van der Waals surface area contributed by atoms with E-state index < -0.39 is 11.7 Å². The molecule has 1 aromatic carbocycles. The summed E-state index contributed by atoms with van der Waals surface area (Å²) in [4.78, 5) is 8.16. The summed E-state index contributed by atoms with van der Waals surface area (Å²) in [7, 11) is 0. The largest absolute Gasteiger partial charge is 0.436 e. The number of hydrogen-bond acceptors (Lipinski definition) is 5. The van der Waals surface area contributed by atoms with Gasteiger partial charge in [0.05, 0.1) is 23.0 Å². The number of hydrazone groups is 1. The van der Waals surface area contributed by atoms with Gasteiger partial charge in [0.2, 0.25) is 5.89 Å². The normalized spacial score (nSPS) is 12.5. The average Bonchev–Trinajstić information content (AvgIpc) is 3.01. The van der Waals surface area contributed by atoms with Crippen molar-refractivity contribution in [1.29, 1.82) is 0 Å². The van der Waals surface area contributed by atoms with Gasteiger partial charge < -0.3 is 4.42 Å². The van der Waals surface area contributed by atoms with Gasteiger partial charge >= 0.3 is 6.18 Å². The van der Waals surface area contributed by atoms with E-state index in [4.69, 9.17) is 4.42 Å². The van der Waals surface area contributed by atoms with Crippen LogP contribution in [0.3, 0.4) is 0 Å². The monoisotopic (exact) mass is 346 g/mol. The van der Waals surface area contributed by atoms with Gasteiger partial charge in [-0.1, -0.05) is 6.08 Å². The molecule has 25 heavy (non-hydrogen) atoms. The number of benzene rings is 1. The van der Waals surface area contributed by atoms with E-state index in [1.807, 2.05) is 13.0 Å². The highest BCUT2D eigenvalue weighted by Gasteiger charge is 2.31. The summed E-state index contributed by atoms with van der Waals surface area (Å²) < 4.78 is 44.0. The summed E-state index contributed by atoms with van der Waals surface area (Å²) in [6.07, 6.45) is 3.73. The molecule has 2 aromatic heterocycles. The molecule has 0 aliphatic carbocycles. The Balaban J connectivity index is 1.99. The van der Waals surface area contributed by atoms with E-state index in [0.29, 0.717) is 11.3 Å². The number of nitrogens with zero attached hydrogens (tertiary/aromatic N) is 3. The second kappa shape index (κ2) is 6.76. The number of pyridine rings is 1. The van der Waals surface area contributed by atoms with Gasteiger partial charge in [0.1, 0.15) is 5.52 Å². The van der Waals surface area contributed by atoms with E-state index >= 15 is 0 Å². The van der Waals surface area contributed by atoms with E-state index in [-0.39, 0.29) is 17.0 Å². The second-order valence-electron chi connectivity index (χ2n) is 5.04. The molecule has 0 spiro atoms. The first-order valence-corrected chi connectivity index (χ1v) is 7.31. The Morgan fingerprint density at radius 2 is 2.08 bits per heavy atom. The van der Waals surface area contributed by atoms with Gasteiger partial charge in [-0.05, 0) is 37.3 Å². The molecular formula is C17H13F3N4O. The van der Waals surface area contributed by atoms with Gasteiger partial charge in [-0.15, -0.1) is 0 Å². The smallest absolute Gasteiger partial charge is 0.416 e. The molecule has 0 saturated carbocycles. The van der Waals surface area contributed by atoms with Gasteiger partial charge in [-0.2, -0.15) is 18.3 Å². The van der Waals surface area contributed by atoms with Crippen LogP contribution in [-0.2, 0) is 6.18 Å². The minimum atomic E-state index is -4.43. The third kappa shape index (κ3) is 3.68. The molecule has 8 heteroatoms. The van der Waals surface area contributed by atoms with E-state index in [0.717, 1.165) is 12.1 Å². The molecule has 3 rings (SSSR count). The van der Waals surface area contributed by atoms with E-state index in [2.05, 4.69) is 20.5 Å². The van der Waals surface area contributed by atoms with Crippen molar-refractivity contribution in [2.75, 3.05) is 5.43 Å². The van der Waals surface area contributed by atoms with Crippen molar-refractivity contribution in [2.24, 2.45) is 5.10 Å². The van der Waals surface area contributed by atoms with Crippen LogP contribution in [-0.4, -0.2) is 16.2 Å². The lowest BCUT2D eigenvalue weighted by Crippen LogP contribution is -2.03. The highest BCUT2D eigenvalue weighted by molar-refractivity contribution is 5.81. The molecule has 0 bridgehead atoms. The zero-order chi connectivity index (χ0) is 17.9. The van der Waals surface area contributed by atoms with Crippen LogP contribution in [0.2, 0.25) is 0 Å². The lowest BCUT2D eigenvalue weighted by atomic mass is 10.2. The van der Waals surface area contributed by atoms with Crippen LogP contribution in [0.4, 0.5) is 18.9 Å². The standard InChI is InChI=1S/C17H13F3N4O/c1-2-3-7-22-24-14-10-21-8-6-12(14)16-23-13-9-11(17(18,19)20)4-5-15(13)25-16/h2-10,24H,1H3/b3-2-,22-7-. The lowest BCUT2D eigenvalue weighted by molar-refractivity contribution is -0.137. The summed E-state index contributed by atoms with van der Waals surface area (Å²) in [5.41, 5.74) is 3.48. The first-order valence-electron chi connectivity index (χ1n) is 7.31. The maximum Gasteiger partial charge on any atom is 0.416 e. The number of hydrogen-bond donors (Lipinski definition) is 1. The highest BCUT2D eigenvalue weighted by atomic mass is 19.4. The van der Waals surface area contributed by atoms with E-state index in [1.54, 1.807) is 18.4 Å². The first kappa shape index (κ1) is 16.7. The quantitative estimate of drug-likeness (QED) is 0.540. The second-order valence-corrected chi connectivity index (χ2v) is 5.04. The van der Waals surface area contributed by atoms with Gasteiger partial charge in [-0.3, -0.25) is 10.4 Å². The number of anilines is 1. The fourth-order valence-electron chi connectivity index (χ4n) is 2.12. The number of halogens is 3. The molecular weight excluding hydrogens is 333 g/mol. The Hall–Kier alpha value is -3.16. The van der Waals surface area contributed by atoms with Crippen LogP contribution >= 0.6 is 0 Å². The van der Waals surface area contributed by atoms with E-state index in [1.165, 1.54) is 18.5 Å². The van der Waals surface area contributed by atoms with Gasteiger partial charge in [0, 0.05) is 12.4 Å². The number of oxazole rings is 1. The average molecular weight is 346 g/mol. The molecule has 0 radical (unpaired) electrons. The van der Waals surface area contributed by atoms with Crippen LogP contribution in [0, 0.1) is 0 Å². The van der Waals surface area contributed by atoms with Crippen molar-refractivity contribution >= 4 is 23.0 Å². The molecule has 5 nitrogen and oxygen atoms in total. The fourth-order valence-corrected chi connectivity index (χ4v) is 2.12. The number of alkyl halides is 3. The number of nitrogens with one attached hydrogen (secondary N) is 1. The van der Waals surface area contributed by atoms with Gasteiger partial charge in [0.25, 0.3) is 0 Å². The van der Waals surface area contributed by atoms with Crippen LogP contribution in [0.5, 0.6) is 0 Å². The summed E-state index contributed by atoms with van der Waals surface area (Å²) in [5.74, 6) is 0.181. The molecule has 0 saturated heterocycles. The summed E-state index contributed by atoms with van der Waals surface area (Å²) in [5, 5.41) is 4.00. The molecule has 2 heterocycles. The lowest BCUT2D eigenvalue weighted by Gasteiger charge is -2.04. The van der Waals surface area contributed by atoms with Crippen molar-refractivity contribution in [3.63, 3.8) is 0 Å². The SMILES string of the molecule is C/C=C\C=N/Nc1cnccc1-c1nc2cc(C(F)(F)F)ccc2o1. The molecule has 0 amide bonds. The van der Waals surface area contributed by atoms with Crippen molar-refractivity contribution in [2.45, 2.75) is 13.1 Å². The van der Waals surface area contributed by atoms with Crippen molar-refractivity contribution < 1.29 is 17.6 Å². The molecule has 0 atom stereocenters. The Morgan fingerprint density at radius 1 is 1.24 bits per heavy atom. The van der Waals surface area contributed by atoms with Gasteiger partial charge in [0.15, 0.2) is 5.58 Å². The number of aromatic nitrogens is 2. The number of allylic oxidation sites excluding steroid dienone is 2. The molecule has 0 aliphatic heterocycles. The Morgan fingerprint density at radius 3 is 2.84 bits per heavy atom. The fraction of sp³-hybridized carbons (Fsp3) is 0.118. The summed E-state index contributed by atoms with van der Waals surface area (Å²) >= 11 is 0. The van der Waals surface area contributed by atoms with E-state index in [9.17, 15) is 13.2 Å². The summed E-state index contributed by atoms with van der Waals surface area (Å²) in [6.45, 7) is 1.86. The zero-order valence-corrected chi connectivity index (χ0v) is 13.1. The zero-order valence-electron chi connectivity index (χ0n) is 13.1. The van der Waals surface area contributed by atoms with Crippen molar-refractivity contribution in [1.82, 2.24) is 9.97 Å². The third-order valence-electron chi connectivity index (χ3n) is 3.30. The predicted molar refractivity (Wildman–Crippen MR) is 89.2 cm³/mol. The van der Waals surface area contributed by atoms with Crippen molar-refractivity contribution in [3.8, 4) is 11.5 Å². The van der Waals surface area contributed by atoms with Gasteiger partial charge in [-0.25, -0.2) is 4.98 Å². The molecule has 128 valence electrons. The number of rotatable bonds is 4. The van der Waals surface area contributed by atoms with Crippen LogP contribution in [0.25, 0.3) is 22.6 Å². The summed E-state index contributed by atoms with van der Waals surface area (Å²) in [6, 6.07) is 4.82. The Kier molecular flexibility index (Phi) is 4.51. The van der Waals surface area contributed by atoms with Crippen molar-refractivity contribution in [3.05, 3.63) is 54.4 Å². The molecule has 0 unspecified atom stereocenters. The van der Waals surface area contributed by atoms with Crippen LogP contribution < -0.4 is 5.43 Å². The molecule has 1 N–H and O–H groups in total. The highest BCUT2D eigenvalue weighted by Crippen LogP contribution is 2.34. The number of fused-ring (bicyclic) bond motifs is 1. The maximum atomic E-state index is 12.8. The first-order chi connectivity index (χ1) is 12.0. The third-order valence-corrected chi connectivity index (χ3v) is 3.30. The van der Waals surface area contributed by atoms with Crippen LogP contribution in [0.1, 0.15) is 12.5 Å². The minimum absolute atomic E-state index is 0.130. The van der Waals surface area contributed by atoms with Crippen LogP contribution in [0.15, 0.2) is 58.3 Å². The Bertz CT molecular complexity index is 944. The minimum Gasteiger partial charge on any atom is -0.436 e.